The topological polar surface area (TPSA) is 0 Å². The van der Waals surface area contributed by atoms with Crippen LogP contribution in [-0.2, 0) is 0 Å². The normalized spacial score (nSPS) is 13.8. The van der Waals surface area contributed by atoms with E-state index in [-0.39, 0.29) is 7.43 Å². The number of hydrogen-bond donors (Lipinski definition) is 0. The summed E-state index contributed by atoms with van der Waals surface area (Å²) in [6.07, 6.45) is 14.5. The molecule has 2 rings (SSSR count). The maximum absolute atomic E-state index is 2.32. The molecule has 0 nitrogen and oxygen atoms in total. The first-order chi connectivity index (χ1) is 10.6. The van der Waals surface area contributed by atoms with Gasteiger partial charge in [0.2, 0.25) is 0 Å². The number of benzene rings is 1. The van der Waals surface area contributed by atoms with Gasteiger partial charge < -0.3 is 0 Å². The van der Waals surface area contributed by atoms with Crippen LogP contribution in [0.1, 0.15) is 104 Å². The monoisotopic (exact) mass is 320 g/mol. The van der Waals surface area contributed by atoms with Crippen LogP contribution in [-0.4, -0.2) is 0 Å². The molecule has 0 bridgehead atoms. The molecular weight excluding hydrogens is 276 g/mol. The van der Waals surface area contributed by atoms with Gasteiger partial charge in [0.25, 0.3) is 0 Å². The van der Waals surface area contributed by atoms with E-state index in [9.17, 15) is 0 Å². The summed E-state index contributed by atoms with van der Waals surface area (Å²) < 4.78 is 0. The minimum atomic E-state index is 0. The second kappa shape index (κ2) is 17.6. The minimum absolute atomic E-state index is 0. The molecule has 1 aromatic rings. The molecule has 0 heterocycles. The Kier molecular flexibility index (Phi) is 18.7. The van der Waals surface area contributed by atoms with E-state index in [0.29, 0.717) is 0 Å². The third-order valence-electron chi connectivity index (χ3n) is 4.48. The average Bonchev–Trinajstić information content (AvgIpc) is 2.57. The average molecular weight is 321 g/mol. The molecule has 0 radical (unpaired) electrons. The molecule has 0 atom stereocenters. The molecule has 0 saturated heterocycles. The number of aryl methyl sites for hydroxylation is 2. The van der Waals surface area contributed by atoms with Gasteiger partial charge in [0.05, 0.1) is 0 Å². The quantitative estimate of drug-likeness (QED) is 0.488. The summed E-state index contributed by atoms with van der Waals surface area (Å²) in [7, 11) is 0. The smallest absolute Gasteiger partial charge is 0.0398 e. The highest BCUT2D eigenvalue weighted by Gasteiger charge is 2.09. The summed E-state index contributed by atoms with van der Waals surface area (Å²) in [4.78, 5) is 0. The molecule has 0 N–H and O–H groups in total. The van der Waals surface area contributed by atoms with Gasteiger partial charge in [0.15, 0.2) is 0 Å². The van der Waals surface area contributed by atoms with E-state index < -0.39 is 0 Å². The first kappa shape index (κ1) is 24.5. The van der Waals surface area contributed by atoms with Crippen LogP contribution in [0.15, 0.2) is 24.3 Å². The molecule has 0 aliphatic heterocycles. The van der Waals surface area contributed by atoms with E-state index in [2.05, 4.69) is 58.9 Å². The Hall–Kier alpha value is -0.780. The lowest BCUT2D eigenvalue weighted by molar-refractivity contribution is 0.349. The number of unbranched alkanes of at least 4 members (excludes halogenated alkanes) is 3. The molecule has 1 aliphatic rings. The minimum Gasteiger partial charge on any atom is -0.0776 e. The predicted molar refractivity (Wildman–Crippen MR) is 109 cm³/mol. The highest BCUT2D eigenvalue weighted by molar-refractivity contribution is 5.19. The fourth-order valence-corrected chi connectivity index (χ4v) is 2.73. The molecule has 0 spiro atoms. The van der Waals surface area contributed by atoms with Gasteiger partial charge in [-0.25, -0.2) is 0 Å². The van der Waals surface area contributed by atoms with Crippen molar-refractivity contribution in [3.8, 4) is 0 Å². The summed E-state index contributed by atoms with van der Waals surface area (Å²) in [5.41, 5.74) is 2.66. The lowest BCUT2D eigenvalue weighted by atomic mass is 9.88. The predicted octanol–water partition coefficient (Wildman–Crippen LogP) is 8.50. The second-order valence-electron chi connectivity index (χ2n) is 6.77. The largest absolute Gasteiger partial charge is 0.0776 e. The molecule has 0 heteroatoms. The molecular formula is C23H44. The summed E-state index contributed by atoms with van der Waals surface area (Å²) in [6, 6.07) is 8.48. The van der Waals surface area contributed by atoms with Crippen molar-refractivity contribution in [2.24, 2.45) is 5.92 Å². The van der Waals surface area contributed by atoms with Crippen LogP contribution in [0.25, 0.3) is 0 Å². The van der Waals surface area contributed by atoms with Crippen molar-refractivity contribution in [2.45, 2.75) is 106 Å². The van der Waals surface area contributed by atoms with Gasteiger partial charge in [-0.05, 0) is 19.8 Å². The molecule has 23 heavy (non-hydrogen) atoms. The highest BCUT2D eigenvalue weighted by Crippen LogP contribution is 2.25. The summed E-state index contributed by atoms with van der Waals surface area (Å²) in [5, 5.41) is 0. The zero-order valence-corrected chi connectivity index (χ0v) is 16.0. The first-order valence-corrected chi connectivity index (χ1v) is 9.67. The summed E-state index contributed by atoms with van der Waals surface area (Å²) >= 11 is 0. The van der Waals surface area contributed by atoms with E-state index in [1.54, 1.807) is 0 Å². The van der Waals surface area contributed by atoms with Crippen molar-refractivity contribution >= 4 is 0 Å². The lowest BCUT2D eigenvalue weighted by Gasteiger charge is -2.18. The Morgan fingerprint density at radius 1 is 0.739 bits per heavy atom. The van der Waals surface area contributed by atoms with Crippen molar-refractivity contribution in [1.82, 2.24) is 0 Å². The van der Waals surface area contributed by atoms with Gasteiger partial charge in [-0.1, -0.05) is 128 Å². The number of rotatable bonds is 4. The maximum atomic E-state index is 2.32. The molecule has 0 aromatic heterocycles. The Morgan fingerprint density at radius 2 is 1.13 bits per heavy atom. The van der Waals surface area contributed by atoms with Crippen LogP contribution in [0.4, 0.5) is 0 Å². The Morgan fingerprint density at radius 3 is 1.39 bits per heavy atom. The molecule has 0 unspecified atom stereocenters. The van der Waals surface area contributed by atoms with Crippen LogP contribution in [0.5, 0.6) is 0 Å². The van der Waals surface area contributed by atoms with E-state index in [1.165, 1.54) is 75.3 Å². The molecule has 1 aromatic carbocycles. The van der Waals surface area contributed by atoms with Crippen molar-refractivity contribution in [2.75, 3.05) is 0 Å². The van der Waals surface area contributed by atoms with E-state index in [4.69, 9.17) is 0 Å². The molecule has 1 fully saturated rings. The Labute approximate surface area is 148 Å². The molecule has 136 valence electrons. The lowest BCUT2D eigenvalue weighted by Crippen LogP contribution is -2.03. The van der Waals surface area contributed by atoms with Crippen LogP contribution >= 0.6 is 0 Å². The van der Waals surface area contributed by atoms with Gasteiger partial charge >= 0.3 is 0 Å². The number of hydrogen-bond acceptors (Lipinski definition) is 0. The Bertz CT molecular complexity index is 291. The zero-order valence-electron chi connectivity index (χ0n) is 16.0. The molecule has 0 amide bonds. The van der Waals surface area contributed by atoms with Gasteiger partial charge in [-0.2, -0.15) is 0 Å². The third-order valence-corrected chi connectivity index (χ3v) is 4.48. The van der Waals surface area contributed by atoms with Crippen molar-refractivity contribution in [3.63, 3.8) is 0 Å². The maximum Gasteiger partial charge on any atom is -0.0398 e. The summed E-state index contributed by atoms with van der Waals surface area (Å²) in [5.74, 6) is 1.09. The zero-order chi connectivity index (χ0) is 16.6. The van der Waals surface area contributed by atoms with Crippen LogP contribution in [0, 0.1) is 19.8 Å². The van der Waals surface area contributed by atoms with E-state index in [1.807, 2.05) is 0 Å². The highest BCUT2D eigenvalue weighted by atomic mass is 14.2. The Balaban J connectivity index is 0. The summed E-state index contributed by atoms with van der Waals surface area (Å²) in [6.45, 7) is 11.0. The standard InChI is InChI=1S/C8H10.C8H16.C6H14.CH4/c1-7-3-5-8(2)6-4-7;1-2-8-6-4-3-5-7-8;1-3-5-6-4-2;/h3-6H,1-2H3;8H,2-7H2,1H3;3-6H2,1-2H3;1H4. The van der Waals surface area contributed by atoms with E-state index >= 15 is 0 Å². The molecule has 1 aliphatic carbocycles. The van der Waals surface area contributed by atoms with Crippen molar-refractivity contribution in [3.05, 3.63) is 35.4 Å². The SMILES string of the molecule is C.CCC1CCCCC1.CCCCCC.Cc1ccc(C)cc1. The van der Waals surface area contributed by atoms with Gasteiger partial charge in [0.1, 0.15) is 0 Å². The fourth-order valence-electron chi connectivity index (χ4n) is 2.73. The van der Waals surface area contributed by atoms with Gasteiger partial charge in [-0.3, -0.25) is 0 Å². The van der Waals surface area contributed by atoms with E-state index in [0.717, 1.165) is 5.92 Å². The van der Waals surface area contributed by atoms with Crippen LogP contribution in [0.3, 0.4) is 0 Å². The van der Waals surface area contributed by atoms with Gasteiger partial charge in [-0.15, -0.1) is 0 Å². The molecule has 1 saturated carbocycles. The van der Waals surface area contributed by atoms with Crippen LogP contribution in [0.2, 0.25) is 0 Å². The van der Waals surface area contributed by atoms with Crippen molar-refractivity contribution < 1.29 is 0 Å². The second-order valence-corrected chi connectivity index (χ2v) is 6.77. The third kappa shape index (κ3) is 15.9. The van der Waals surface area contributed by atoms with Crippen molar-refractivity contribution in [1.29, 1.82) is 0 Å². The fraction of sp³-hybridized carbons (Fsp3) is 0.739. The van der Waals surface area contributed by atoms with Gasteiger partial charge in [0, 0.05) is 0 Å². The van der Waals surface area contributed by atoms with Crippen LogP contribution < -0.4 is 0 Å². The first-order valence-electron chi connectivity index (χ1n) is 9.67.